The molecule has 8 nitrogen and oxygen atoms in total. The zero-order valence-corrected chi connectivity index (χ0v) is 20.6. The predicted octanol–water partition coefficient (Wildman–Crippen LogP) is 5.03. The van der Waals surface area contributed by atoms with Crippen LogP contribution in [0.1, 0.15) is 24.0 Å². The van der Waals surface area contributed by atoms with Crippen LogP contribution in [0.15, 0.2) is 48.5 Å². The summed E-state index contributed by atoms with van der Waals surface area (Å²) in [5.74, 6) is -0.319. The van der Waals surface area contributed by atoms with Crippen LogP contribution >= 0.6 is 0 Å². The first-order chi connectivity index (χ1) is 18.4. The molecular formula is C25H24F6N6O2. The molecule has 0 aliphatic carbocycles. The number of nitrogens with one attached hydrogen (secondary N) is 2. The average molecular weight is 554 g/mol. The summed E-state index contributed by atoms with van der Waals surface area (Å²) in [5, 5.41) is 5.44. The maximum Gasteiger partial charge on any atom is 0.573 e. The molecule has 2 N–H and O–H groups in total. The number of ether oxygens (including phenoxy) is 1. The monoisotopic (exact) mass is 554 g/mol. The molecule has 2 aromatic carbocycles. The molecule has 39 heavy (non-hydrogen) atoms. The summed E-state index contributed by atoms with van der Waals surface area (Å²) in [7, 11) is 1.61. The minimum absolute atomic E-state index is 0.00824. The zero-order valence-electron chi connectivity index (χ0n) is 20.6. The topological polar surface area (TPSA) is 92.3 Å². The summed E-state index contributed by atoms with van der Waals surface area (Å²) < 4.78 is 80.9. The summed E-state index contributed by atoms with van der Waals surface area (Å²) in [6.45, 7) is 0.578. The highest BCUT2D eigenvalue weighted by molar-refractivity contribution is 5.79. The number of rotatable bonds is 7. The van der Waals surface area contributed by atoms with Crippen molar-refractivity contribution < 1.29 is 35.9 Å². The fourth-order valence-corrected chi connectivity index (χ4v) is 4.17. The molecule has 0 unspecified atom stereocenters. The molecule has 3 aromatic rings. The Balaban J connectivity index is 1.40. The largest absolute Gasteiger partial charge is 0.573 e. The van der Waals surface area contributed by atoms with Crippen molar-refractivity contribution in [1.82, 2.24) is 20.3 Å². The first-order valence-corrected chi connectivity index (χ1v) is 11.9. The van der Waals surface area contributed by atoms with Crippen molar-refractivity contribution in [3.8, 4) is 17.1 Å². The third kappa shape index (κ3) is 7.27. The molecule has 1 saturated heterocycles. The van der Waals surface area contributed by atoms with E-state index in [0.717, 1.165) is 18.2 Å². The van der Waals surface area contributed by atoms with Gasteiger partial charge in [-0.2, -0.15) is 28.1 Å². The second kappa shape index (κ2) is 11.3. The number of hydrogen-bond acceptors (Lipinski definition) is 7. The predicted molar refractivity (Wildman–Crippen MR) is 130 cm³/mol. The minimum Gasteiger partial charge on any atom is -0.406 e. The van der Waals surface area contributed by atoms with Gasteiger partial charge in [-0.05, 0) is 48.7 Å². The molecular weight excluding hydrogens is 530 g/mol. The standard InChI is InChI=1S/C25H24F6N6O2/c1-32-22-34-20(15-6-8-18(9-7-15)39-25(29,30)31)35-23(36-22)37-12-10-16(11-13-37)21(38)33-14-17-4-2-3-5-19(17)24(26,27)28/h2-9,16H,10-14H2,1H3,(H,33,38)(H,32,34,35,36). The van der Waals surface area contributed by atoms with Crippen molar-refractivity contribution in [3.05, 3.63) is 59.7 Å². The van der Waals surface area contributed by atoms with Gasteiger partial charge in [0.25, 0.3) is 0 Å². The molecule has 14 heteroatoms. The second-order valence-electron chi connectivity index (χ2n) is 8.74. The SMILES string of the molecule is CNc1nc(-c2ccc(OC(F)(F)F)cc2)nc(N2CCC(C(=O)NCc3ccccc3C(F)(F)F)CC2)n1. The number of aromatic nitrogens is 3. The van der Waals surface area contributed by atoms with E-state index >= 15 is 0 Å². The molecule has 0 bridgehead atoms. The van der Waals surface area contributed by atoms with E-state index in [1.165, 1.54) is 30.3 Å². The third-order valence-electron chi connectivity index (χ3n) is 6.12. The summed E-state index contributed by atoms with van der Waals surface area (Å²) in [6, 6.07) is 10.2. The first kappa shape index (κ1) is 27.9. The van der Waals surface area contributed by atoms with Crippen LogP contribution in [0.5, 0.6) is 5.75 Å². The molecule has 0 atom stereocenters. The van der Waals surface area contributed by atoms with Crippen molar-refractivity contribution in [2.75, 3.05) is 30.4 Å². The maximum absolute atomic E-state index is 13.2. The Morgan fingerprint density at radius 1 is 0.974 bits per heavy atom. The van der Waals surface area contributed by atoms with E-state index in [1.54, 1.807) is 7.05 Å². The van der Waals surface area contributed by atoms with Gasteiger partial charge >= 0.3 is 12.5 Å². The minimum atomic E-state index is -4.81. The van der Waals surface area contributed by atoms with E-state index in [2.05, 4.69) is 30.3 Å². The van der Waals surface area contributed by atoms with Gasteiger partial charge < -0.3 is 20.3 Å². The van der Waals surface area contributed by atoms with Crippen LogP contribution in [-0.2, 0) is 17.5 Å². The lowest BCUT2D eigenvalue weighted by atomic mass is 9.96. The molecule has 4 rings (SSSR count). The Labute approximate surface area is 219 Å². The number of carbonyl (C=O) groups is 1. The maximum atomic E-state index is 13.2. The Hall–Kier alpha value is -4.10. The third-order valence-corrected chi connectivity index (χ3v) is 6.12. The van der Waals surface area contributed by atoms with Crippen LogP contribution in [0, 0.1) is 5.92 Å². The highest BCUT2D eigenvalue weighted by Gasteiger charge is 2.34. The van der Waals surface area contributed by atoms with E-state index in [1.807, 2.05) is 4.90 Å². The Kier molecular flexibility index (Phi) is 8.11. The van der Waals surface area contributed by atoms with Crippen LogP contribution in [0.4, 0.5) is 38.2 Å². The summed E-state index contributed by atoms with van der Waals surface area (Å²) in [4.78, 5) is 27.6. The Bertz CT molecular complexity index is 1290. The highest BCUT2D eigenvalue weighted by Crippen LogP contribution is 2.32. The van der Waals surface area contributed by atoms with Gasteiger partial charge in [0.15, 0.2) is 5.82 Å². The quantitative estimate of drug-likeness (QED) is 0.396. The second-order valence-corrected chi connectivity index (χ2v) is 8.74. The van der Waals surface area contributed by atoms with Crippen molar-refractivity contribution in [2.24, 2.45) is 5.92 Å². The van der Waals surface area contributed by atoms with Crippen molar-refractivity contribution in [1.29, 1.82) is 0 Å². The van der Waals surface area contributed by atoms with Gasteiger partial charge in [-0.15, -0.1) is 13.2 Å². The van der Waals surface area contributed by atoms with E-state index < -0.39 is 24.0 Å². The molecule has 208 valence electrons. The number of amides is 1. The van der Waals surface area contributed by atoms with Crippen LogP contribution in [0.3, 0.4) is 0 Å². The number of anilines is 2. The van der Waals surface area contributed by atoms with Crippen molar-refractivity contribution in [3.63, 3.8) is 0 Å². The summed E-state index contributed by atoms with van der Waals surface area (Å²) >= 11 is 0. The van der Waals surface area contributed by atoms with Gasteiger partial charge in [0.05, 0.1) is 5.56 Å². The number of nitrogens with zero attached hydrogens (tertiary/aromatic N) is 4. The van der Waals surface area contributed by atoms with Crippen LogP contribution in [0.25, 0.3) is 11.4 Å². The van der Waals surface area contributed by atoms with Crippen molar-refractivity contribution in [2.45, 2.75) is 31.9 Å². The number of halogens is 6. The zero-order chi connectivity index (χ0) is 28.2. The summed E-state index contributed by atoms with van der Waals surface area (Å²) in [5.41, 5.74) is -0.349. The van der Waals surface area contributed by atoms with Crippen LogP contribution in [-0.4, -0.2) is 47.4 Å². The number of alkyl halides is 6. The molecule has 0 radical (unpaired) electrons. The normalized spacial score (nSPS) is 14.7. The summed E-state index contributed by atoms with van der Waals surface area (Å²) in [6.07, 6.45) is -8.48. The molecule has 1 aromatic heterocycles. The van der Waals surface area contributed by atoms with Crippen LogP contribution in [0.2, 0.25) is 0 Å². The Morgan fingerprint density at radius 3 is 2.26 bits per heavy atom. The van der Waals surface area contributed by atoms with Gasteiger partial charge in [0.2, 0.25) is 17.8 Å². The van der Waals surface area contributed by atoms with Crippen LogP contribution < -0.4 is 20.3 Å². The first-order valence-electron chi connectivity index (χ1n) is 11.9. The fourth-order valence-electron chi connectivity index (χ4n) is 4.17. The van der Waals surface area contributed by atoms with Gasteiger partial charge in [0, 0.05) is 38.2 Å². The van der Waals surface area contributed by atoms with Gasteiger partial charge in [0.1, 0.15) is 5.75 Å². The highest BCUT2D eigenvalue weighted by atomic mass is 19.4. The molecule has 1 aliphatic rings. The van der Waals surface area contributed by atoms with Gasteiger partial charge in [-0.25, -0.2) is 0 Å². The lowest BCUT2D eigenvalue weighted by Crippen LogP contribution is -2.41. The van der Waals surface area contributed by atoms with Crippen molar-refractivity contribution >= 4 is 17.8 Å². The lowest BCUT2D eigenvalue weighted by molar-refractivity contribution is -0.274. The molecule has 0 saturated carbocycles. The van der Waals surface area contributed by atoms with E-state index in [0.29, 0.717) is 37.4 Å². The van der Waals surface area contributed by atoms with Gasteiger partial charge in [-0.1, -0.05) is 18.2 Å². The van der Waals surface area contributed by atoms with E-state index in [4.69, 9.17) is 0 Å². The fraction of sp³-hybridized carbons (Fsp3) is 0.360. The molecule has 1 fully saturated rings. The lowest BCUT2D eigenvalue weighted by Gasteiger charge is -2.31. The number of benzene rings is 2. The number of piperidine rings is 1. The van der Waals surface area contributed by atoms with Gasteiger partial charge in [-0.3, -0.25) is 4.79 Å². The molecule has 1 aliphatic heterocycles. The van der Waals surface area contributed by atoms with E-state index in [9.17, 15) is 31.1 Å². The molecule has 2 heterocycles. The Morgan fingerprint density at radius 2 is 1.64 bits per heavy atom. The number of carbonyl (C=O) groups excluding carboxylic acids is 1. The average Bonchev–Trinajstić information content (AvgIpc) is 2.90. The molecule has 0 spiro atoms. The molecule has 1 amide bonds. The smallest absolute Gasteiger partial charge is 0.406 e. The number of hydrogen-bond donors (Lipinski definition) is 2. The van der Waals surface area contributed by atoms with E-state index in [-0.39, 0.29) is 35.5 Å².